The summed E-state index contributed by atoms with van der Waals surface area (Å²) in [4.78, 5) is 2.32. The van der Waals surface area contributed by atoms with Crippen molar-refractivity contribution in [2.24, 2.45) is 0 Å². The first kappa shape index (κ1) is 17.2. The molecule has 0 unspecified atom stereocenters. The summed E-state index contributed by atoms with van der Waals surface area (Å²) in [5.41, 5.74) is 1.82. The lowest BCUT2D eigenvalue weighted by Crippen LogP contribution is -2.50. The van der Waals surface area contributed by atoms with Crippen LogP contribution in [0, 0.1) is 11.3 Å². The topological polar surface area (TPSA) is 39.1 Å². The third-order valence-electron chi connectivity index (χ3n) is 5.37. The molecular formula is C20H27N3S. The average molecular weight is 342 g/mol. The van der Waals surface area contributed by atoms with Crippen LogP contribution in [0.15, 0.2) is 24.3 Å². The van der Waals surface area contributed by atoms with Gasteiger partial charge >= 0.3 is 0 Å². The maximum atomic E-state index is 9.04. The van der Waals surface area contributed by atoms with Gasteiger partial charge in [-0.1, -0.05) is 38.5 Å². The molecule has 0 amide bonds. The van der Waals surface area contributed by atoms with Crippen LogP contribution >= 0.6 is 12.2 Å². The Morgan fingerprint density at radius 3 is 2.12 bits per heavy atom. The van der Waals surface area contributed by atoms with Crippen LogP contribution in [-0.4, -0.2) is 17.2 Å². The molecule has 0 atom stereocenters. The zero-order valence-corrected chi connectivity index (χ0v) is 15.2. The zero-order chi connectivity index (χ0) is 16.8. The minimum absolute atomic E-state index is 0.482. The van der Waals surface area contributed by atoms with E-state index in [4.69, 9.17) is 17.5 Å². The van der Waals surface area contributed by atoms with Gasteiger partial charge in [0.1, 0.15) is 0 Å². The molecule has 0 aliphatic heterocycles. The van der Waals surface area contributed by atoms with Gasteiger partial charge in [0, 0.05) is 17.8 Å². The molecule has 0 radical (unpaired) electrons. The molecule has 0 aromatic heterocycles. The molecule has 1 aromatic carbocycles. The van der Waals surface area contributed by atoms with Crippen molar-refractivity contribution in [3.63, 3.8) is 0 Å². The summed E-state index contributed by atoms with van der Waals surface area (Å²) in [5, 5.41) is 13.5. The molecule has 2 fully saturated rings. The number of hydrogen-bond donors (Lipinski definition) is 1. The summed E-state index contributed by atoms with van der Waals surface area (Å²) in [6.07, 6.45) is 12.7. The van der Waals surface area contributed by atoms with Gasteiger partial charge in [-0.3, -0.25) is 0 Å². The first-order valence-corrected chi connectivity index (χ1v) is 9.78. The Bertz CT molecular complexity index is 578. The maximum absolute atomic E-state index is 9.04. The van der Waals surface area contributed by atoms with E-state index in [-0.39, 0.29) is 0 Å². The highest BCUT2D eigenvalue weighted by Gasteiger charge is 2.26. The third-order valence-corrected chi connectivity index (χ3v) is 5.68. The fraction of sp³-hybridized carbons (Fsp3) is 0.600. The summed E-state index contributed by atoms with van der Waals surface area (Å²) in [5.74, 6) is 0. The van der Waals surface area contributed by atoms with Gasteiger partial charge in [0.2, 0.25) is 0 Å². The average Bonchev–Trinajstić information content (AvgIpc) is 2.64. The van der Waals surface area contributed by atoms with Gasteiger partial charge in [-0.05, 0) is 62.2 Å². The Balaban J connectivity index is 1.77. The fourth-order valence-electron chi connectivity index (χ4n) is 4.02. The number of thiocarbonyl (C=S) groups is 1. The summed E-state index contributed by atoms with van der Waals surface area (Å²) in [6, 6.07) is 11.1. The molecule has 1 aromatic rings. The largest absolute Gasteiger partial charge is 0.360 e. The van der Waals surface area contributed by atoms with Gasteiger partial charge < -0.3 is 10.2 Å². The number of nitrogens with one attached hydrogen (secondary N) is 1. The second-order valence-electron chi connectivity index (χ2n) is 7.10. The van der Waals surface area contributed by atoms with E-state index in [0.717, 1.165) is 10.8 Å². The van der Waals surface area contributed by atoms with Crippen molar-refractivity contribution in [3.05, 3.63) is 29.8 Å². The standard InChI is InChI=1S/C20H27N3S/c21-15-16-11-13-19(14-12-16)23(18-9-5-2-6-10-18)20(24)22-17-7-3-1-4-8-17/h11-14,17-18H,1-10H2,(H,22,24). The van der Waals surface area contributed by atoms with Crippen molar-refractivity contribution in [2.45, 2.75) is 76.3 Å². The second-order valence-corrected chi connectivity index (χ2v) is 7.49. The van der Waals surface area contributed by atoms with Crippen molar-refractivity contribution in [1.82, 2.24) is 5.32 Å². The van der Waals surface area contributed by atoms with Crippen molar-refractivity contribution in [3.8, 4) is 6.07 Å². The van der Waals surface area contributed by atoms with Crippen LogP contribution in [0.4, 0.5) is 5.69 Å². The maximum Gasteiger partial charge on any atom is 0.173 e. The van der Waals surface area contributed by atoms with Crippen molar-refractivity contribution in [1.29, 1.82) is 5.26 Å². The number of benzene rings is 1. The molecule has 0 spiro atoms. The van der Waals surface area contributed by atoms with Crippen LogP contribution in [0.3, 0.4) is 0 Å². The normalized spacial score (nSPS) is 19.5. The Labute approximate surface area is 151 Å². The third kappa shape index (κ3) is 4.27. The molecule has 0 saturated heterocycles. The highest BCUT2D eigenvalue weighted by atomic mass is 32.1. The van der Waals surface area contributed by atoms with Gasteiger partial charge in [-0.15, -0.1) is 0 Å². The summed E-state index contributed by atoms with van der Waals surface area (Å²) >= 11 is 5.83. The number of anilines is 1. The lowest BCUT2D eigenvalue weighted by Gasteiger charge is -2.38. The first-order chi connectivity index (χ1) is 11.8. The van der Waals surface area contributed by atoms with E-state index < -0.39 is 0 Å². The second kappa shape index (κ2) is 8.48. The van der Waals surface area contributed by atoms with Crippen molar-refractivity contribution >= 4 is 23.0 Å². The molecule has 0 bridgehead atoms. The summed E-state index contributed by atoms with van der Waals surface area (Å²) in [6.45, 7) is 0. The van der Waals surface area contributed by atoms with Gasteiger partial charge in [0.25, 0.3) is 0 Å². The summed E-state index contributed by atoms with van der Waals surface area (Å²) < 4.78 is 0. The van der Waals surface area contributed by atoms with Crippen LogP contribution in [0.25, 0.3) is 0 Å². The van der Waals surface area contributed by atoms with Gasteiger partial charge in [0.15, 0.2) is 5.11 Å². The van der Waals surface area contributed by atoms with Gasteiger partial charge in [-0.25, -0.2) is 0 Å². The molecule has 0 heterocycles. The molecule has 2 aliphatic rings. The highest BCUT2D eigenvalue weighted by molar-refractivity contribution is 7.80. The molecule has 24 heavy (non-hydrogen) atoms. The fourth-order valence-corrected chi connectivity index (χ4v) is 4.44. The predicted molar refractivity (Wildman–Crippen MR) is 103 cm³/mol. The van der Waals surface area contributed by atoms with Crippen LogP contribution in [0.2, 0.25) is 0 Å². The highest BCUT2D eigenvalue weighted by Crippen LogP contribution is 2.28. The molecule has 3 nitrogen and oxygen atoms in total. The Kier molecular flexibility index (Phi) is 6.09. The Hall–Kier alpha value is -1.60. The van der Waals surface area contributed by atoms with E-state index in [1.807, 2.05) is 24.3 Å². The number of hydrogen-bond acceptors (Lipinski definition) is 2. The molecule has 3 rings (SSSR count). The molecular weight excluding hydrogens is 314 g/mol. The minimum atomic E-state index is 0.482. The van der Waals surface area contributed by atoms with E-state index in [1.165, 1.54) is 64.2 Å². The minimum Gasteiger partial charge on any atom is -0.360 e. The number of nitrogens with zero attached hydrogens (tertiary/aromatic N) is 2. The van der Waals surface area contributed by atoms with Crippen LogP contribution in [0.5, 0.6) is 0 Å². The number of nitriles is 1. The molecule has 1 N–H and O–H groups in total. The monoisotopic (exact) mass is 341 g/mol. The molecule has 2 saturated carbocycles. The van der Waals surface area contributed by atoms with Crippen LogP contribution in [0.1, 0.15) is 69.8 Å². The summed E-state index contributed by atoms with van der Waals surface area (Å²) in [7, 11) is 0. The first-order valence-electron chi connectivity index (χ1n) is 9.38. The zero-order valence-electron chi connectivity index (χ0n) is 14.3. The van der Waals surface area contributed by atoms with E-state index >= 15 is 0 Å². The van der Waals surface area contributed by atoms with E-state index in [0.29, 0.717) is 17.6 Å². The molecule has 2 aliphatic carbocycles. The van der Waals surface area contributed by atoms with Gasteiger partial charge in [-0.2, -0.15) is 5.26 Å². The predicted octanol–water partition coefficient (Wildman–Crippen LogP) is 4.90. The Morgan fingerprint density at radius 2 is 1.54 bits per heavy atom. The van der Waals surface area contributed by atoms with E-state index in [9.17, 15) is 0 Å². The lowest BCUT2D eigenvalue weighted by atomic mass is 9.93. The van der Waals surface area contributed by atoms with Gasteiger partial charge in [0.05, 0.1) is 11.6 Å². The number of rotatable bonds is 3. The van der Waals surface area contributed by atoms with Crippen LogP contribution in [-0.2, 0) is 0 Å². The smallest absolute Gasteiger partial charge is 0.173 e. The quantitative estimate of drug-likeness (QED) is 0.793. The molecule has 4 heteroatoms. The SMILES string of the molecule is N#Cc1ccc(N(C(=S)NC2CCCCC2)C2CCCCC2)cc1. The lowest BCUT2D eigenvalue weighted by molar-refractivity contribution is 0.405. The van der Waals surface area contributed by atoms with E-state index in [1.54, 1.807) is 0 Å². The molecule has 128 valence electrons. The van der Waals surface area contributed by atoms with Crippen molar-refractivity contribution < 1.29 is 0 Å². The Morgan fingerprint density at radius 1 is 0.958 bits per heavy atom. The van der Waals surface area contributed by atoms with Crippen LogP contribution < -0.4 is 10.2 Å². The van der Waals surface area contributed by atoms with E-state index in [2.05, 4.69) is 16.3 Å². The van der Waals surface area contributed by atoms with Crippen molar-refractivity contribution in [2.75, 3.05) is 4.90 Å².